The van der Waals surface area contributed by atoms with Crippen LogP contribution in [0.5, 0.6) is 0 Å². The normalized spacial score (nSPS) is 24.9. The first-order chi connectivity index (χ1) is 8.59. The van der Waals surface area contributed by atoms with Gasteiger partial charge in [0.1, 0.15) is 0 Å². The summed E-state index contributed by atoms with van der Waals surface area (Å²) >= 11 is 1.75. The maximum atomic E-state index is 4.37. The van der Waals surface area contributed by atoms with Gasteiger partial charge >= 0.3 is 0 Å². The summed E-state index contributed by atoms with van der Waals surface area (Å²) in [7, 11) is 0. The molecule has 1 aromatic heterocycles. The molecular weight excluding hydrogens is 242 g/mol. The van der Waals surface area contributed by atoms with Crippen molar-refractivity contribution in [1.82, 2.24) is 15.6 Å². The minimum atomic E-state index is 0.412. The highest BCUT2D eigenvalue weighted by molar-refractivity contribution is 7.09. The summed E-state index contributed by atoms with van der Waals surface area (Å²) in [5.41, 5.74) is 0.412. The maximum absolute atomic E-state index is 4.37. The SMILES string of the molecule is CC(CNCC1NCCCC1(C)C)c1nccs1. The Morgan fingerprint density at radius 1 is 1.61 bits per heavy atom. The maximum Gasteiger partial charge on any atom is 0.0965 e. The molecule has 2 unspecified atom stereocenters. The standard InChI is InChI=1S/C14H25N3S/c1-11(13-17-7-8-18-13)9-15-10-12-14(2,3)5-4-6-16-12/h7-8,11-12,15-16H,4-6,9-10H2,1-3H3. The van der Waals surface area contributed by atoms with Crippen LogP contribution in [0.25, 0.3) is 0 Å². The van der Waals surface area contributed by atoms with Gasteiger partial charge in [-0.1, -0.05) is 20.8 Å². The Morgan fingerprint density at radius 2 is 2.44 bits per heavy atom. The van der Waals surface area contributed by atoms with Gasteiger partial charge in [-0.15, -0.1) is 11.3 Å². The Morgan fingerprint density at radius 3 is 3.11 bits per heavy atom. The molecule has 0 radical (unpaired) electrons. The van der Waals surface area contributed by atoms with Crippen LogP contribution in [0.2, 0.25) is 0 Å². The van der Waals surface area contributed by atoms with Crippen molar-refractivity contribution < 1.29 is 0 Å². The van der Waals surface area contributed by atoms with E-state index in [9.17, 15) is 0 Å². The fourth-order valence-electron chi connectivity index (χ4n) is 2.63. The largest absolute Gasteiger partial charge is 0.314 e. The predicted octanol–water partition coefficient (Wildman–Crippen LogP) is 2.61. The highest BCUT2D eigenvalue weighted by Gasteiger charge is 2.31. The zero-order chi connectivity index (χ0) is 13.0. The molecule has 1 fully saturated rings. The molecule has 0 saturated carbocycles. The van der Waals surface area contributed by atoms with E-state index < -0.39 is 0 Å². The Labute approximate surface area is 114 Å². The van der Waals surface area contributed by atoms with E-state index in [1.165, 1.54) is 17.8 Å². The molecule has 2 N–H and O–H groups in total. The molecule has 1 aliphatic heterocycles. The van der Waals surface area contributed by atoms with Gasteiger partial charge in [0, 0.05) is 36.6 Å². The average molecular weight is 267 g/mol. The monoisotopic (exact) mass is 267 g/mol. The summed E-state index contributed by atoms with van der Waals surface area (Å²) < 4.78 is 0. The van der Waals surface area contributed by atoms with Crippen molar-refractivity contribution in [3.8, 4) is 0 Å². The molecular formula is C14H25N3S. The van der Waals surface area contributed by atoms with Crippen molar-refractivity contribution in [2.45, 2.75) is 45.6 Å². The predicted molar refractivity (Wildman–Crippen MR) is 78.2 cm³/mol. The third-order valence-electron chi connectivity index (χ3n) is 4.00. The number of hydrogen-bond acceptors (Lipinski definition) is 4. The Kier molecular flexibility index (Phi) is 4.76. The highest BCUT2D eigenvalue weighted by Crippen LogP contribution is 2.29. The number of nitrogens with zero attached hydrogens (tertiary/aromatic N) is 1. The molecule has 4 heteroatoms. The number of aromatic nitrogens is 1. The van der Waals surface area contributed by atoms with Crippen LogP contribution >= 0.6 is 11.3 Å². The number of piperidine rings is 1. The molecule has 102 valence electrons. The molecule has 2 heterocycles. The third kappa shape index (κ3) is 3.53. The van der Waals surface area contributed by atoms with Gasteiger partial charge in [0.05, 0.1) is 5.01 Å². The first kappa shape index (κ1) is 14.0. The van der Waals surface area contributed by atoms with Crippen LogP contribution in [0.4, 0.5) is 0 Å². The van der Waals surface area contributed by atoms with E-state index in [1.54, 1.807) is 11.3 Å². The van der Waals surface area contributed by atoms with Gasteiger partial charge in [-0.3, -0.25) is 0 Å². The first-order valence-corrected chi connectivity index (χ1v) is 7.81. The van der Waals surface area contributed by atoms with Crippen molar-refractivity contribution in [1.29, 1.82) is 0 Å². The van der Waals surface area contributed by atoms with Crippen LogP contribution in [0.15, 0.2) is 11.6 Å². The molecule has 0 spiro atoms. The van der Waals surface area contributed by atoms with Gasteiger partial charge in [0.15, 0.2) is 0 Å². The minimum absolute atomic E-state index is 0.412. The quantitative estimate of drug-likeness (QED) is 0.861. The average Bonchev–Trinajstić information content (AvgIpc) is 2.84. The van der Waals surface area contributed by atoms with E-state index in [1.807, 2.05) is 6.20 Å². The van der Waals surface area contributed by atoms with Gasteiger partial charge in [0.2, 0.25) is 0 Å². The number of rotatable bonds is 5. The Hall–Kier alpha value is -0.450. The second-order valence-corrected chi connectivity index (χ2v) is 6.95. The number of thiazole rings is 1. The van der Waals surface area contributed by atoms with Crippen molar-refractivity contribution in [2.24, 2.45) is 5.41 Å². The van der Waals surface area contributed by atoms with Gasteiger partial charge in [-0.2, -0.15) is 0 Å². The van der Waals surface area contributed by atoms with Gasteiger partial charge in [-0.25, -0.2) is 4.98 Å². The molecule has 18 heavy (non-hydrogen) atoms. The Balaban J connectivity index is 1.74. The molecule has 0 aromatic carbocycles. The topological polar surface area (TPSA) is 37.0 Å². The van der Waals surface area contributed by atoms with Crippen molar-refractivity contribution in [3.05, 3.63) is 16.6 Å². The summed E-state index contributed by atoms with van der Waals surface area (Å²) in [6.07, 6.45) is 4.52. The van der Waals surface area contributed by atoms with Gasteiger partial charge < -0.3 is 10.6 Å². The van der Waals surface area contributed by atoms with Crippen LogP contribution in [0.1, 0.15) is 44.5 Å². The summed E-state index contributed by atoms with van der Waals surface area (Å²) in [5.74, 6) is 0.511. The van der Waals surface area contributed by atoms with Crippen molar-refractivity contribution in [3.63, 3.8) is 0 Å². The number of nitrogens with one attached hydrogen (secondary N) is 2. The number of hydrogen-bond donors (Lipinski definition) is 2. The summed E-state index contributed by atoms with van der Waals surface area (Å²) in [4.78, 5) is 4.37. The van der Waals surface area contributed by atoms with E-state index >= 15 is 0 Å². The molecule has 2 atom stereocenters. The molecule has 0 bridgehead atoms. The van der Waals surface area contributed by atoms with Gasteiger partial charge in [-0.05, 0) is 24.8 Å². The van der Waals surface area contributed by atoms with E-state index in [4.69, 9.17) is 0 Å². The molecule has 1 saturated heterocycles. The van der Waals surface area contributed by atoms with E-state index in [2.05, 4.69) is 41.8 Å². The minimum Gasteiger partial charge on any atom is -0.314 e. The first-order valence-electron chi connectivity index (χ1n) is 6.93. The molecule has 1 aliphatic rings. The fourth-order valence-corrected chi connectivity index (χ4v) is 3.33. The molecule has 3 nitrogen and oxygen atoms in total. The van der Waals surface area contributed by atoms with E-state index in [-0.39, 0.29) is 0 Å². The van der Waals surface area contributed by atoms with Crippen molar-refractivity contribution >= 4 is 11.3 Å². The lowest BCUT2D eigenvalue weighted by molar-refractivity contribution is 0.176. The van der Waals surface area contributed by atoms with Gasteiger partial charge in [0.25, 0.3) is 0 Å². The smallest absolute Gasteiger partial charge is 0.0965 e. The third-order valence-corrected chi connectivity index (χ3v) is 5.01. The zero-order valence-corrected chi connectivity index (χ0v) is 12.5. The summed E-state index contributed by atoms with van der Waals surface area (Å²) in [6, 6.07) is 0.592. The fraction of sp³-hybridized carbons (Fsp3) is 0.786. The molecule has 1 aromatic rings. The second kappa shape index (κ2) is 6.13. The van der Waals surface area contributed by atoms with Crippen LogP contribution in [-0.4, -0.2) is 30.7 Å². The van der Waals surface area contributed by atoms with E-state index in [0.29, 0.717) is 17.4 Å². The zero-order valence-electron chi connectivity index (χ0n) is 11.7. The lowest BCUT2D eigenvalue weighted by Gasteiger charge is -2.39. The lowest BCUT2D eigenvalue weighted by Crippen LogP contribution is -2.52. The van der Waals surface area contributed by atoms with Crippen LogP contribution in [0.3, 0.4) is 0 Å². The van der Waals surface area contributed by atoms with Crippen LogP contribution in [-0.2, 0) is 0 Å². The van der Waals surface area contributed by atoms with Crippen molar-refractivity contribution in [2.75, 3.05) is 19.6 Å². The Bertz CT molecular complexity index is 348. The molecule has 2 rings (SSSR count). The van der Waals surface area contributed by atoms with E-state index in [0.717, 1.165) is 19.6 Å². The molecule has 0 amide bonds. The summed E-state index contributed by atoms with van der Waals surface area (Å²) in [6.45, 7) is 10.2. The van der Waals surface area contributed by atoms with Crippen LogP contribution < -0.4 is 10.6 Å². The van der Waals surface area contributed by atoms with Crippen LogP contribution in [0, 0.1) is 5.41 Å². The summed E-state index contributed by atoms with van der Waals surface area (Å²) in [5, 5.41) is 10.5. The second-order valence-electron chi connectivity index (χ2n) is 6.03. The molecule has 0 aliphatic carbocycles. The highest BCUT2D eigenvalue weighted by atomic mass is 32.1. The lowest BCUT2D eigenvalue weighted by atomic mass is 9.77.